The Bertz CT molecular complexity index is 767. The zero-order chi connectivity index (χ0) is 17.1. The normalized spacial score (nSPS) is 16.4. The molecule has 126 valence electrons. The SMILES string of the molecule is CCOc1ccc(C(=O)Nc2ccc3c(c2)C(Cl)NCC3)cc1Br. The van der Waals surface area contributed by atoms with Gasteiger partial charge in [-0.1, -0.05) is 6.07 Å². The summed E-state index contributed by atoms with van der Waals surface area (Å²) in [5.74, 6) is 0.549. The number of nitrogens with one attached hydrogen (secondary N) is 2. The fourth-order valence-electron chi connectivity index (χ4n) is 2.70. The predicted octanol–water partition coefficient (Wildman–Crippen LogP) is 4.48. The van der Waals surface area contributed by atoms with Gasteiger partial charge in [0.25, 0.3) is 5.91 Å². The Kier molecular flexibility index (Phi) is 5.43. The van der Waals surface area contributed by atoms with E-state index in [9.17, 15) is 4.79 Å². The maximum atomic E-state index is 12.5. The van der Waals surface area contributed by atoms with Gasteiger partial charge in [-0.05, 0) is 70.7 Å². The van der Waals surface area contributed by atoms with E-state index < -0.39 is 0 Å². The number of rotatable bonds is 4. The van der Waals surface area contributed by atoms with Gasteiger partial charge in [-0.25, -0.2) is 0 Å². The number of ether oxygens (including phenoxy) is 1. The number of benzene rings is 2. The molecule has 0 spiro atoms. The smallest absolute Gasteiger partial charge is 0.255 e. The molecule has 0 bridgehead atoms. The number of fused-ring (bicyclic) bond motifs is 1. The first-order chi connectivity index (χ1) is 11.6. The number of halogens is 2. The lowest BCUT2D eigenvalue weighted by Gasteiger charge is -2.23. The van der Waals surface area contributed by atoms with Crippen molar-refractivity contribution in [2.45, 2.75) is 18.8 Å². The molecule has 0 aromatic heterocycles. The molecule has 0 saturated carbocycles. The van der Waals surface area contributed by atoms with Crippen LogP contribution in [-0.2, 0) is 6.42 Å². The number of carbonyl (C=O) groups excluding carboxylic acids is 1. The van der Waals surface area contributed by atoms with Crippen molar-refractivity contribution in [2.24, 2.45) is 0 Å². The fraction of sp³-hybridized carbons (Fsp3) is 0.278. The molecule has 0 radical (unpaired) electrons. The highest BCUT2D eigenvalue weighted by atomic mass is 79.9. The number of alkyl halides is 1. The Morgan fingerprint density at radius 1 is 1.38 bits per heavy atom. The summed E-state index contributed by atoms with van der Waals surface area (Å²) in [6.07, 6.45) is 0.943. The first-order valence-corrected chi connectivity index (χ1v) is 9.05. The molecule has 1 heterocycles. The van der Waals surface area contributed by atoms with Gasteiger partial charge in [0.2, 0.25) is 0 Å². The molecule has 1 aliphatic rings. The van der Waals surface area contributed by atoms with Gasteiger partial charge in [0, 0.05) is 17.8 Å². The molecule has 1 unspecified atom stereocenters. The summed E-state index contributed by atoms with van der Waals surface area (Å²) < 4.78 is 6.22. The summed E-state index contributed by atoms with van der Waals surface area (Å²) in [7, 11) is 0. The quantitative estimate of drug-likeness (QED) is 0.578. The van der Waals surface area contributed by atoms with Crippen molar-refractivity contribution >= 4 is 39.1 Å². The third kappa shape index (κ3) is 3.74. The molecule has 0 saturated heterocycles. The number of hydrogen-bond acceptors (Lipinski definition) is 3. The topological polar surface area (TPSA) is 50.4 Å². The minimum Gasteiger partial charge on any atom is -0.493 e. The van der Waals surface area contributed by atoms with E-state index in [-0.39, 0.29) is 11.4 Å². The van der Waals surface area contributed by atoms with E-state index in [0.29, 0.717) is 12.2 Å². The zero-order valence-corrected chi connectivity index (χ0v) is 15.6. The molecule has 0 fully saturated rings. The van der Waals surface area contributed by atoms with Crippen LogP contribution in [0.3, 0.4) is 0 Å². The largest absolute Gasteiger partial charge is 0.493 e. The summed E-state index contributed by atoms with van der Waals surface area (Å²) in [6, 6.07) is 11.2. The Hall–Kier alpha value is -1.56. The standard InChI is InChI=1S/C18H18BrClN2O2/c1-2-24-16-6-4-12(9-15(16)19)18(23)22-13-5-3-11-7-8-21-17(20)14(11)10-13/h3-6,9-10,17,21H,2,7-8H2,1H3,(H,22,23). The average Bonchev–Trinajstić information content (AvgIpc) is 2.57. The van der Waals surface area contributed by atoms with Crippen molar-refractivity contribution < 1.29 is 9.53 Å². The second kappa shape index (κ2) is 7.55. The van der Waals surface area contributed by atoms with E-state index in [1.165, 1.54) is 5.56 Å². The lowest BCUT2D eigenvalue weighted by Crippen LogP contribution is -2.26. The highest BCUT2D eigenvalue weighted by Crippen LogP contribution is 2.29. The molecule has 1 aliphatic heterocycles. The Morgan fingerprint density at radius 2 is 2.21 bits per heavy atom. The van der Waals surface area contributed by atoms with Crippen molar-refractivity contribution in [1.29, 1.82) is 0 Å². The van der Waals surface area contributed by atoms with E-state index in [0.717, 1.165) is 34.4 Å². The molecule has 6 heteroatoms. The van der Waals surface area contributed by atoms with E-state index in [2.05, 4.69) is 26.6 Å². The number of hydrogen-bond donors (Lipinski definition) is 2. The molecule has 24 heavy (non-hydrogen) atoms. The van der Waals surface area contributed by atoms with Crippen LogP contribution in [0.15, 0.2) is 40.9 Å². The summed E-state index contributed by atoms with van der Waals surface area (Å²) in [4.78, 5) is 12.5. The lowest BCUT2D eigenvalue weighted by atomic mass is 10.00. The second-order valence-corrected chi connectivity index (χ2v) is 6.80. The van der Waals surface area contributed by atoms with Crippen LogP contribution in [0, 0.1) is 0 Å². The molecule has 2 aromatic rings. The summed E-state index contributed by atoms with van der Waals surface area (Å²) in [5, 5.41) is 6.13. The Morgan fingerprint density at radius 3 is 2.96 bits per heavy atom. The molecular formula is C18H18BrClN2O2. The van der Waals surface area contributed by atoms with Crippen LogP contribution < -0.4 is 15.4 Å². The van der Waals surface area contributed by atoms with Gasteiger partial charge in [0.15, 0.2) is 0 Å². The van der Waals surface area contributed by atoms with Crippen LogP contribution in [0.2, 0.25) is 0 Å². The Balaban J connectivity index is 1.77. The maximum Gasteiger partial charge on any atom is 0.255 e. The van der Waals surface area contributed by atoms with Crippen molar-refractivity contribution in [3.05, 3.63) is 57.6 Å². The van der Waals surface area contributed by atoms with E-state index in [1.807, 2.05) is 25.1 Å². The fourth-order valence-corrected chi connectivity index (χ4v) is 3.50. The minimum absolute atomic E-state index is 0.173. The first-order valence-electron chi connectivity index (χ1n) is 7.82. The van der Waals surface area contributed by atoms with E-state index in [4.69, 9.17) is 16.3 Å². The van der Waals surface area contributed by atoms with E-state index in [1.54, 1.807) is 18.2 Å². The molecule has 1 atom stereocenters. The molecular weight excluding hydrogens is 392 g/mol. The summed E-state index contributed by atoms with van der Waals surface area (Å²) >= 11 is 9.73. The monoisotopic (exact) mass is 408 g/mol. The van der Waals surface area contributed by atoms with Crippen molar-refractivity contribution in [3.8, 4) is 5.75 Å². The first kappa shape index (κ1) is 17.3. The Labute approximate surface area is 154 Å². The zero-order valence-electron chi connectivity index (χ0n) is 13.2. The number of amides is 1. The molecule has 4 nitrogen and oxygen atoms in total. The van der Waals surface area contributed by atoms with Gasteiger partial charge in [-0.15, -0.1) is 11.6 Å². The minimum atomic E-state index is -0.217. The molecule has 1 amide bonds. The average molecular weight is 410 g/mol. The maximum absolute atomic E-state index is 12.5. The molecule has 3 rings (SSSR count). The van der Waals surface area contributed by atoms with Gasteiger partial charge in [0.1, 0.15) is 11.3 Å². The van der Waals surface area contributed by atoms with Gasteiger partial charge in [0.05, 0.1) is 11.1 Å². The van der Waals surface area contributed by atoms with Gasteiger partial charge >= 0.3 is 0 Å². The molecule has 2 aromatic carbocycles. The molecule has 2 N–H and O–H groups in total. The van der Waals surface area contributed by atoms with Gasteiger partial charge in [-0.2, -0.15) is 0 Å². The lowest BCUT2D eigenvalue weighted by molar-refractivity contribution is 0.102. The number of carbonyl (C=O) groups is 1. The molecule has 0 aliphatic carbocycles. The van der Waals surface area contributed by atoms with Crippen LogP contribution in [0.25, 0.3) is 0 Å². The highest BCUT2D eigenvalue weighted by molar-refractivity contribution is 9.10. The number of anilines is 1. The van der Waals surface area contributed by atoms with E-state index >= 15 is 0 Å². The third-order valence-corrected chi connectivity index (χ3v) is 4.90. The summed E-state index contributed by atoms with van der Waals surface area (Å²) in [6.45, 7) is 3.36. The van der Waals surface area contributed by atoms with Crippen LogP contribution >= 0.6 is 27.5 Å². The van der Waals surface area contributed by atoms with Crippen LogP contribution in [0.1, 0.15) is 33.9 Å². The van der Waals surface area contributed by atoms with Crippen molar-refractivity contribution in [1.82, 2.24) is 5.32 Å². The van der Waals surface area contributed by atoms with Crippen LogP contribution in [0.4, 0.5) is 5.69 Å². The summed E-state index contributed by atoms with van der Waals surface area (Å²) in [5.41, 5.74) is 3.32. The van der Waals surface area contributed by atoms with Crippen molar-refractivity contribution in [3.63, 3.8) is 0 Å². The van der Waals surface area contributed by atoms with Crippen LogP contribution in [0.5, 0.6) is 5.75 Å². The highest BCUT2D eigenvalue weighted by Gasteiger charge is 2.18. The van der Waals surface area contributed by atoms with Gasteiger partial charge in [-0.3, -0.25) is 10.1 Å². The van der Waals surface area contributed by atoms with Gasteiger partial charge < -0.3 is 10.1 Å². The third-order valence-electron chi connectivity index (χ3n) is 3.89. The van der Waals surface area contributed by atoms with Crippen LogP contribution in [-0.4, -0.2) is 19.1 Å². The second-order valence-electron chi connectivity index (χ2n) is 5.51. The van der Waals surface area contributed by atoms with Crippen molar-refractivity contribution in [2.75, 3.05) is 18.5 Å². The predicted molar refractivity (Wildman–Crippen MR) is 100 cm³/mol.